The van der Waals surface area contributed by atoms with Gasteiger partial charge in [0.25, 0.3) is 0 Å². The second-order valence-electron chi connectivity index (χ2n) is 6.16. The zero-order valence-corrected chi connectivity index (χ0v) is 16.4. The monoisotopic (exact) mass is 421 g/mol. The lowest BCUT2D eigenvalue weighted by molar-refractivity contribution is -0.145. The highest BCUT2D eigenvalue weighted by Gasteiger charge is 2.31. The first-order valence-corrected chi connectivity index (χ1v) is 9.00. The number of carbonyl (C=O) groups is 5. The van der Waals surface area contributed by atoms with Gasteiger partial charge in [-0.05, 0) is 20.3 Å². The minimum absolute atomic E-state index is 0.111. The molecule has 0 rings (SSSR count). The molecule has 0 aliphatic rings. The number of thiol groups is 1. The summed E-state index contributed by atoms with van der Waals surface area (Å²) in [6.45, 7) is 2.57. The van der Waals surface area contributed by atoms with E-state index in [0.29, 0.717) is 0 Å². The molecule has 4 amide bonds. The van der Waals surface area contributed by atoms with Crippen LogP contribution < -0.4 is 27.4 Å². The van der Waals surface area contributed by atoms with E-state index in [2.05, 4.69) is 28.6 Å². The van der Waals surface area contributed by atoms with Crippen molar-refractivity contribution in [3.8, 4) is 0 Å². The van der Waals surface area contributed by atoms with Gasteiger partial charge in [-0.25, -0.2) is 4.79 Å². The van der Waals surface area contributed by atoms with Gasteiger partial charge < -0.3 is 37.6 Å². The molecule has 0 aromatic carbocycles. The van der Waals surface area contributed by atoms with Gasteiger partial charge in [0.2, 0.25) is 23.6 Å². The lowest BCUT2D eigenvalue weighted by atomic mass is 10.1. The summed E-state index contributed by atoms with van der Waals surface area (Å²) >= 11 is 3.96. The van der Waals surface area contributed by atoms with Crippen LogP contribution in [0.3, 0.4) is 0 Å². The Morgan fingerprint density at radius 2 is 1.46 bits per heavy atom. The van der Waals surface area contributed by atoms with Gasteiger partial charge in [-0.15, -0.1) is 0 Å². The number of nitrogens with two attached hydrogens (primary N) is 2. The van der Waals surface area contributed by atoms with Crippen molar-refractivity contribution in [3.05, 3.63) is 0 Å². The molecule has 0 saturated heterocycles. The van der Waals surface area contributed by atoms with Crippen LogP contribution in [0.2, 0.25) is 0 Å². The van der Waals surface area contributed by atoms with Gasteiger partial charge in [0.05, 0.1) is 12.1 Å². The molecule has 5 unspecified atom stereocenters. The Balaban J connectivity index is 5.29. The Labute approximate surface area is 167 Å². The number of rotatable bonds is 12. The Hall–Kier alpha value is -2.38. The Morgan fingerprint density at radius 3 is 1.86 bits per heavy atom. The van der Waals surface area contributed by atoms with Crippen molar-refractivity contribution in [2.24, 2.45) is 11.5 Å². The number of amides is 4. The van der Waals surface area contributed by atoms with E-state index >= 15 is 0 Å². The smallest absolute Gasteiger partial charge is 0.328 e. The number of aliphatic carboxylic acids is 1. The summed E-state index contributed by atoms with van der Waals surface area (Å²) in [6.07, 6.45) is -1.91. The van der Waals surface area contributed by atoms with Crippen molar-refractivity contribution < 1.29 is 34.2 Å². The molecule has 0 aliphatic carbocycles. The summed E-state index contributed by atoms with van der Waals surface area (Å²) in [7, 11) is 0. The summed E-state index contributed by atoms with van der Waals surface area (Å²) in [5.74, 6) is -4.70. The molecular weight excluding hydrogens is 394 g/mol. The maximum Gasteiger partial charge on any atom is 0.328 e. The van der Waals surface area contributed by atoms with E-state index in [1.807, 2.05) is 0 Å². The molecule has 0 heterocycles. The van der Waals surface area contributed by atoms with E-state index in [-0.39, 0.29) is 18.6 Å². The number of primary amides is 1. The quantitative estimate of drug-likeness (QED) is 0.147. The first kappa shape index (κ1) is 25.6. The Bertz CT molecular complexity index is 599. The fourth-order valence-electron chi connectivity index (χ4n) is 1.97. The number of aliphatic hydroxyl groups excluding tert-OH is 1. The zero-order chi connectivity index (χ0) is 22.0. The molecule has 0 fully saturated rings. The van der Waals surface area contributed by atoms with Crippen molar-refractivity contribution >= 4 is 42.2 Å². The predicted molar refractivity (Wildman–Crippen MR) is 101 cm³/mol. The first-order chi connectivity index (χ1) is 12.9. The van der Waals surface area contributed by atoms with Gasteiger partial charge >= 0.3 is 5.97 Å². The lowest BCUT2D eigenvalue weighted by Gasteiger charge is -2.24. The molecule has 12 nitrogen and oxygen atoms in total. The van der Waals surface area contributed by atoms with Crippen LogP contribution >= 0.6 is 12.6 Å². The summed E-state index contributed by atoms with van der Waals surface area (Å²) < 4.78 is 0. The number of aliphatic hydroxyl groups is 1. The molecule has 160 valence electrons. The first-order valence-electron chi connectivity index (χ1n) is 8.37. The van der Waals surface area contributed by atoms with Gasteiger partial charge in [0, 0.05) is 12.2 Å². The number of carboxylic acid groups (broad SMARTS) is 1. The summed E-state index contributed by atoms with van der Waals surface area (Å²) in [4.78, 5) is 58.5. The average Bonchev–Trinajstić information content (AvgIpc) is 2.59. The van der Waals surface area contributed by atoms with Gasteiger partial charge in [0.1, 0.15) is 12.1 Å². The highest BCUT2D eigenvalue weighted by atomic mass is 32.1. The third kappa shape index (κ3) is 9.01. The molecule has 0 aliphatic heterocycles. The van der Waals surface area contributed by atoms with Crippen LogP contribution in [0, 0.1) is 0 Å². The standard InChI is InChI=1S/C15H27N5O7S/c1-6(16)12(23)19-9(5-28)14(25)18-8(3-4-10(17)22)13(24)20-11(7(2)21)15(26)27/h6-9,11,21,28H,3-5,16H2,1-2H3,(H2,17,22)(H,18,25)(H,19,23)(H,20,24)(H,26,27). The van der Waals surface area contributed by atoms with Crippen LogP contribution in [0.25, 0.3) is 0 Å². The van der Waals surface area contributed by atoms with Gasteiger partial charge in [0.15, 0.2) is 6.04 Å². The molecule has 9 N–H and O–H groups in total. The van der Waals surface area contributed by atoms with E-state index in [0.717, 1.165) is 6.92 Å². The number of carbonyl (C=O) groups excluding carboxylic acids is 4. The SMILES string of the molecule is CC(N)C(=O)NC(CS)C(=O)NC(CCC(N)=O)C(=O)NC(C(=O)O)C(C)O. The van der Waals surface area contributed by atoms with Gasteiger partial charge in [-0.2, -0.15) is 12.6 Å². The molecule has 0 radical (unpaired) electrons. The largest absolute Gasteiger partial charge is 0.480 e. The molecule has 0 aromatic rings. The minimum atomic E-state index is -1.63. The average molecular weight is 421 g/mol. The topological polar surface area (TPSA) is 214 Å². The molecule has 0 saturated carbocycles. The van der Waals surface area contributed by atoms with E-state index in [1.165, 1.54) is 6.92 Å². The Kier molecular flexibility index (Phi) is 11.1. The van der Waals surface area contributed by atoms with E-state index in [1.54, 1.807) is 0 Å². The third-order valence-corrected chi connectivity index (χ3v) is 3.95. The van der Waals surface area contributed by atoms with Crippen LogP contribution in [0.1, 0.15) is 26.7 Å². The molecule has 0 bridgehead atoms. The van der Waals surface area contributed by atoms with Crippen molar-refractivity contribution in [1.82, 2.24) is 16.0 Å². The lowest BCUT2D eigenvalue weighted by Crippen LogP contribution is -2.58. The molecule has 13 heteroatoms. The molecule has 5 atom stereocenters. The Morgan fingerprint density at radius 1 is 0.964 bits per heavy atom. The van der Waals surface area contributed by atoms with Crippen molar-refractivity contribution in [2.75, 3.05) is 5.75 Å². The highest BCUT2D eigenvalue weighted by Crippen LogP contribution is 2.02. The second-order valence-corrected chi connectivity index (χ2v) is 6.53. The zero-order valence-electron chi connectivity index (χ0n) is 15.5. The van der Waals surface area contributed by atoms with E-state index in [4.69, 9.17) is 16.6 Å². The van der Waals surface area contributed by atoms with E-state index < -0.39 is 59.9 Å². The third-order valence-electron chi connectivity index (χ3n) is 3.59. The van der Waals surface area contributed by atoms with Crippen LogP contribution in [0.15, 0.2) is 0 Å². The normalized spacial score (nSPS) is 16.0. The molecular formula is C15H27N5O7S. The van der Waals surface area contributed by atoms with Gasteiger partial charge in [-0.1, -0.05) is 0 Å². The molecule has 0 aromatic heterocycles. The number of carboxylic acids is 1. The minimum Gasteiger partial charge on any atom is -0.480 e. The second kappa shape index (κ2) is 12.2. The number of hydrogen-bond acceptors (Lipinski definition) is 8. The van der Waals surface area contributed by atoms with Crippen LogP contribution in [-0.2, 0) is 24.0 Å². The number of nitrogens with one attached hydrogen (secondary N) is 3. The van der Waals surface area contributed by atoms with Crippen LogP contribution in [0.5, 0.6) is 0 Å². The fourth-order valence-corrected chi connectivity index (χ4v) is 2.22. The van der Waals surface area contributed by atoms with Crippen molar-refractivity contribution in [3.63, 3.8) is 0 Å². The summed E-state index contributed by atoms with van der Waals surface area (Å²) in [6, 6.07) is -4.97. The fraction of sp³-hybridized carbons (Fsp3) is 0.667. The summed E-state index contributed by atoms with van der Waals surface area (Å²) in [5, 5.41) is 25.2. The van der Waals surface area contributed by atoms with E-state index in [9.17, 15) is 29.1 Å². The van der Waals surface area contributed by atoms with Crippen molar-refractivity contribution in [2.45, 2.75) is 57.0 Å². The highest BCUT2D eigenvalue weighted by molar-refractivity contribution is 7.80. The molecule has 28 heavy (non-hydrogen) atoms. The van der Waals surface area contributed by atoms with Crippen LogP contribution in [0.4, 0.5) is 0 Å². The maximum absolute atomic E-state index is 12.4. The molecule has 0 spiro atoms. The van der Waals surface area contributed by atoms with Crippen molar-refractivity contribution in [1.29, 1.82) is 0 Å². The predicted octanol–water partition coefficient (Wildman–Crippen LogP) is -3.55. The van der Waals surface area contributed by atoms with Gasteiger partial charge in [-0.3, -0.25) is 19.2 Å². The number of hydrogen-bond donors (Lipinski definition) is 8. The van der Waals surface area contributed by atoms with Crippen LogP contribution in [-0.4, -0.2) is 75.8 Å². The maximum atomic E-state index is 12.4. The summed E-state index contributed by atoms with van der Waals surface area (Å²) in [5.41, 5.74) is 10.5.